The van der Waals surface area contributed by atoms with Crippen molar-refractivity contribution in [1.82, 2.24) is 10.2 Å². The minimum atomic E-state index is -0.159. The number of methoxy groups -OCH3 is 1. The highest BCUT2D eigenvalue weighted by Crippen LogP contribution is 2.27. The van der Waals surface area contributed by atoms with E-state index in [9.17, 15) is 4.79 Å². The number of hydrogen-bond acceptors (Lipinski definition) is 4. The summed E-state index contributed by atoms with van der Waals surface area (Å²) in [5.74, 6) is 0.374. The summed E-state index contributed by atoms with van der Waals surface area (Å²) in [5.41, 5.74) is 1.73. The van der Waals surface area contributed by atoms with Crippen molar-refractivity contribution in [3.63, 3.8) is 0 Å². The highest BCUT2D eigenvalue weighted by molar-refractivity contribution is 7.07. The fourth-order valence-electron chi connectivity index (χ4n) is 3.12. The summed E-state index contributed by atoms with van der Waals surface area (Å²) in [7, 11) is 1.55. The van der Waals surface area contributed by atoms with Crippen molar-refractivity contribution in [2.45, 2.75) is 18.9 Å². The van der Waals surface area contributed by atoms with Crippen LogP contribution in [-0.4, -0.2) is 37.6 Å². The quantitative estimate of drug-likeness (QED) is 0.843. The van der Waals surface area contributed by atoms with Crippen LogP contribution in [0.2, 0.25) is 5.02 Å². The van der Waals surface area contributed by atoms with Gasteiger partial charge in [0.1, 0.15) is 5.75 Å². The van der Waals surface area contributed by atoms with Crippen LogP contribution in [0.3, 0.4) is 0 Å². The Kier molecular flexibility index (Phi) is 5.76. The fourth-order valence-corrected chi connectivity index (χ4v) is 4.00. The second kappa shape index (κ2) is 8.01. The van der Waals surface area contributed by atoms with Gasteiger partial charge in [0.2, 0.25) is 0 Å². The third kappa shape index (κ3) is 3.91. The summed E-state index contributed by atoms with van der Waals surface area (Å²) in [6, 6.07) is 7.43. The van der Waals surface area contributed by atoms with Crippen LogP contribution < -0.4 is 10.1 Å². The first-order chi connectivity index (χ1) is 11.7. The van der Waals surface area contributed by atoms with Crippen molar-refractivity contribution < 1.29 is 9.53 Å². The van der Waals surface area contributed by atoms with E-state index in [1.165, 1.54) is 18.4 Å². The molecular weight excluding hydrogens is 344 g/mol. The molecule has 0 aliphatic carbocycles. The number of carbonyl (C=O) groups is 1. The topological polar surface area (TPSA) is 41.6 Å². The first-order valence-electron chi connectivity index (χ1n) is 8.07. The molecule has 2 heterocycles. The number of amides is 1. The predicted molar refractivity (Wildman–Crippen MR) is 98.2 cm³/mol. The van der Waals surface area contributed by atoms with Crippen molar-refractivity contribution in [3.05, 3.63) is 51.2 Å². The fraction of sp³-hybridized carbons (Fsp3) is 0.389. The van der Waals surface area contributed by atoms with Crippen molar-refractivity contribution in [1.29, 1.82) is 0 Å². The maximum atomic E-state index is 12.6. The molecule has 1 fully saturated rings. The van der Waals surface area contributed by atoms with E-state index in [1.54, 1.807) is 36.6 Å². The van der Waals surface area contributed by atoms with E-state index in [-0.39, 0.29) is 11.9 Å². The highest BCUT2D eigenvalue weighted by Gasteiger charge is 2.25. The molecule has 2 aromatic rings. The van der Waals surface area contributed by atoms with Crippen LogP contribution in [0.4, 0.5) is 0 Å². The Morgan fingerprint density at radius 3 is 2.83 bits per heavy atom. The smallest absolute Gasteiger partial charge is 0.255 e. The minimum Gasteiger partial charge on any atom is -0.496 e. The van der Waals surface area contributed by atoms with Gasteiger partial charge in [-0.25, -0.2) is 0 Å². The largest absolute Gasteiger partial charge is 0.496 e. The lowest BCUT2D eigenvalue weighted by molar-refractivity contribution is 0.0935. The van der Waals surface area contributed by atoms with Crippen LogP contribution in [0.25, 0.3) is 0 Å². The molecule has 1 aliphatic heterocycles. The van der Waals surface area contributed by atoms with Gasteiger partial charge in [-0.3, -0.25) is 9.69 Å². The summed E-state index contributed by atoms with van der Waals surface area (Å²) < 4.78 is 5.27. The monoisotopic (exact) mass is 364 g/mol. The van der Waals surface area contributed by atoms with E-state index in [4.69, 9.17) is 16.3 Å². The van der Waals surface area contributed by atoms with Crippen LogP contribution in [0.5, 0.6) is 5.75 Å². The molecule has 1 amide bonds. The molecule has 4 nitrogen and oxygen atoms in total. The van der Waals surface area contributed by atoms with E-state index in [0.29, 0.717) is 22.9 Å². The van der Waals surface area contributed by atoms with Crippen LogP contribution in [0.1, 0.15) is 34.8 Å². The van der Waals surface area contributed by atoms with Gasteiger partial charge in [0.25, 0.3) is 5.91 Å². The molecule has 1 aliphatic rings. The number of ether oxygens (including phenoxy) is 1. The Morgan fingerprint density at radius 1 is 1.38 bits per heavy atom. The first-order valence-corrected chi connectivity index (χ1v) is 9.39. The zero-order valence-electron chi connectivity index (χ0n) is 13.6. The highest BCUT2D eigenvalue weighted by atomic mass is 35.5. The first kappa shape index (κ1) is 17.3. The van der Waals surface area contributed by atoms with Crippen molar-refractivity contribution in [3.8, 4) is 5.75 Å². The van der Waals surface area contributed by atoms with Gasteiger partial charge in [0.15, 0.2) is 0 Å². The van der Waals surface area contributed by atoms with Crippen molar-refractivity contribution in [2.75, 3.05) is 26.7 Å². The Balaban J connectivity index is 1.72. The van der Waals surface area contributed by atoms with Gasteiger partial charge in [0.05, 0.1) is 18.7 Å². The van der Waals surface area contributed by atoms with Gasteiger partial charge in [-0.1, -0.05) is 11.6 Å². The number of thiophene rings is 1. The summed E-state index contributed by atoms with van der Waals surface area (Å²) in [5, 5.41) is 7.82. The maximum Gasteiger partial charge on any atom is 0.255 e. The zero-order chi connectivity index (χ0) is 16.9. The second-order valence-corrected chi connectivity index (χ2v) is 7.09. The third-order valence-corrected chi connectivity index (χ3v) is 5.31. The van der Waals surface area contributed by atoms with E-state index in [2.05, 4.69) is 27.0 Å². The van der Waals surface area contributed by atoms with Crippen molar-refractivity contribution in [2.24, 2.45) is 0 Å². The Bertz CT molecular complexity index is 684. The lowest BCUT2D eigenvalue weighted by atomic mass is 10.1. The average molecular weight is 365 g/mol. The Labute approximate surface area is 151 Å². The van der Waals surface area contributed by atoms with Gasteiger partial charge < -0.3 is 10.1 Å². The Hall–Kier alpha value is -1.56. The van der Waals surface area contributed by atoms with Crippen LogP contribution in [0, 0.1) is 0 Å². The molecule has 1 aromatic heterocycles. The molecule has 0 spiro atoms. The number of likely N-dealkylation sites (tertiary alicyclic amines) is 1. The molecule has 0 bridgehead atoms. The minimum absolute atomic E-state index is 0.159. The number of hydrogen-bond donors (Lipinski definition) is 1. The second-order valence-electron chi connectivity index (χ2n) is 5.87. The summed E-state index contributed by atoms with van der Waals surface area (Å²) >= 11 is 7.71. The number of nitrogens with one attached hydrogen (secondary N) is 1. The molecule has 1 aromatic carbocycles. The number of nitrogens with zero attached hydrogens (tertiary/aromatic N) is 1. The van der Waals surface area contributed by atoms with E-state index >= 15 is 0 Å². The van der Waals surface area contributed by atoms with Crippen LogP contribution >= 0.6 is 22.9 Å². The van der Waals surface area contributed by atoms with Gasteiger partial charge in [-0.2, -0.15) is 11.3 Å². The van der Waals surface area contributed by atoms with E-state index in [0.717, 1.165) is 13.1 Å². The van der Waals surface area contributed by atoms with Gasteiger partial charge >= 0.3 is 0 Å². The molecule has 0 radical (unpaired) electrons. The summed E-state index contributed by atoms with van der Waals surface area (Å²) in [6.45, 7) is 2.74. The molecule has 3 rings (SSSR count). The van der Waals surface area contributed by atoms with Crippen LogP contribution in [0.15, 0.2) is 35.0 Å². The molecule has 128 valence electrons. The molecule has 1 N–H and O–H groups in total. The maximum absolute atomic E-state index is 12.6. The molecule has 1 atom stereocenters. The normalized spacial score (nSPS) is 16.1. The van der Waals surface area contributed by atoms with E-state index < -0.39 is 0 Å². The number of carbonyl (C=O) groups excluding carboxylic acids is 1. The van der Waals surface area contributed by atoms with Crippen LogP contribution in [-0.2, 0) is 0 Å². The lowest BCUT2D eigenvalue weighted by Crippen LogP contribution is -2.36. The van der Waals surface area contributed by atoms with Gasteiger partial charge in [0, 0.05) is 11.6 Å². The molecule has 0 saturated carbocycles. The average Bonchev–Trinajstić information content (AvgIpc) is 3.29. The zero-order valence-corrected chi connectivity index (χ0v) is 15.2. The lowest BCUT2D eigenvalue weighted by Gasteiger charge is -2.27. The predicted octanol–water partition coefficient (Wildman–Crippen LogP) is 3.98. The number of rotatable bonds is 6. The molecule has 0 unspecified atom stereocenters. The van der Waals surface area contributed by atoms with Gasteiger partial charge in [-0.05, 0) is 66.5 Å². The number of halogens is 1. The van der Waals surface area contributed by atoms with Crippen molar-refractivity contribution >= 4 is 28.8 Å². The number of benzene rings is 1. The third-order valence-electron chi connectivity index (χ3n) is 4.37. The standard InChI is InChI=1S/C18H21ClN2O2S/c1-23-17-5-4-14(19)10-15(17)18(22)20-11-16(13-6-9-24-12-13)21-7-2-3-8-21/h4-6,9-10,12,16H,2-3,7-8,11H2,1H3,(H,20,22)/t16-/m0/s1. The summed E-state index contributed by atoms with van der Waals surface area (Å²) in [4.78, 5) is 15.0. The molecule has 24 heavy (non-hydrogen) atoms. The van der Waals surface area contributed by atoms with Gasteiger partial charge in [-0.15, -0.1) is 0 Å². The SMILES string of the molecule is COc1ccc(Cl)cc1C(=O)NC[C@@H](c1ccsc1)N1CCCC1. The molecular formula is C18H21ClN2O2S. The molecule has 1 saturated heterocycles. The Morgan fingerprint density at radius 2 is 2.17 bits per heavy atom. The van der Waals surface area contributed by atoms with E-state index in [1.807, 2.05) is 0 Å². The molecule has 6 heteroatoms. The summed E-state index contributed by atoms with van der Waals surface area (Å²) in [6.07, 6.45) is 2.44.